The molecule has 230 valence electrons. The van der Waals surface area contributed by atoms with Crippen LogP contribution in [0.2, 0.25) is 0 Å². The van der Waals surface area contributed by atoms with Crippen LogP contribution in [0.25, 0.3) is 77.2 Å². The highest BCUT2D eigenvalue weighted by atomic mass is 19.1. The van der Waals surface area contributed by atoms with E-state index in [2.05, 4.69) is 108 Å². The highest BCUT2D eigenvalue weighted by Gasteiger charge is 2.28. The molecule has 0 radical (unpaired) electrons. The first kappa shape index (κ1) is 28.2. The maximum Gasteiger partial charge on any atom is 0.123 e. The summed E-state index contributed by atoms with van der Waals surface area (Å²) in [5.41, 5.74) is 11.4. The van der Waals surface area contributed by atoms with E-state index in [4.69, 9.17) is 0 Å². The number of hydrogen-bond acceptors (Lipinski definition) is 0. The second-order valence-electron chi connectivity index (χ2n) is 12.5. The molecule has 0 saturated heterocycles. The Balaban J connectivity index is 1.56. The van der Waals surface area contributed by atoms with Crippen molar-refractivity contribution in [1.82, 2.24) is 9.13 Å². The SMILES string of the molecule is Cc1c(-c2cccc(F)c2)c(-n2c3ccccc3c3ccccc32)c(-c2cccc(F)c2)c(C)c1-n1c2ccccc2c2ccccc21. The number of para-hydroxylation sites is 4. The number of benzene rings is 7. The van der Waals surface area contributed by atoms with Gasteiger partial charge in [-0.1, -0.05) is 97.1 Å². The number of rotatable bonds is 4. The summed E-state index contributed by atoms with van der Waals surface area (Å²) in [6, 6.07) is 47.3. The third-order valence-electron chi connectivity index (χ3n) is 9.77. The Labute approximate surface area is 276 Å². The van der Waals surface area contributed by atoms with Crippen LogP contribution >= 0.6 is 0 Å². The van der Waals surface area contributed by atoms with Crippen LogP contribution in [0.4, 0.5) is 8.78 Å². The number of aromatic nitrogens is 2. The Morgan fingerprint density at radius 2 is 0.708 bits per heavy atom. The van der Waals surface area contributed by atoms with Crippen molar-refractivity contribution < 1.29 is 8.78 Å². The van der Waals surface area contributed by atoms with Gasteiger partial charge in [0.2, 0.25) is 0 Å². The Bertz CT molecular complexity index is 2550. The first-order valence-electron chi connectivity index (χ1n) is 16.2. The fourth-order valence-corrected chi connectivity index (χ4v) is 7.88. The van der Waals surface area contributed by atoms with Crippen molar-refractivity contribution in [3.63, 3.8) is 0 Å². The van der Waals surface area contributed by atoms with E-state index in [0.29, 0.717) is 0 Å². The highest BCUT2D eigenvalue weighted by Crippen LogP contribution is 2.48. The average Bonchev–Trinajstić information content (AvgIpc) is 3.61. The summed E-state index contributed by atoms with van der Waals surface area (Å²) in [6.45, 7) is 4.28. The molecule has 9 aromatic rings. The van der Waals surface area contributed by atoms with Crippen molar-refractivity contribution in [2.24, 2.45) is 0 Å². The summed E-state index contributed by atoms with van der Waals surface area (Å²) in [5, 5.41) is 4.53. The summed E-state index contributed by atoms with van der Waals surface area (Å²) >= 11 is 0. The molecular formula is C44H30F2N2. The standard InChI is InChI=1S/C44H30F2N2/c1-27-41(29-13-11-15-31(45)25-29)44(48-39-23-9-5-19-35(39)36-20-6-10-24-40(36)48)42(30-14-12-16-32(46)26-30)28(2)43(27)47-37-21-7-3-17-33(37)34-18-4-8-22-38(34)47/h3-26H,1-2H3. The number of nitrogens with zero attached hydrogens (tertiary/aromatic N) is 2. The van der Waals surface area contributed by atoms with Crippen LogP contribution in [-0.2, 0) is 0 Å². The Hall–Kier alpha value is -6.00. The largest absolute Gasteiger partial charge is 0.309 e. The minimum atomic E-state index is -0.314. The summed E-state index contributed by atoms with van der Waals surface area (Å²) in [5.74, 6) is -0.627. The molecule has 2 aromatic heterocycles. The predicted molar refractivity (Wildman–Crippen MR) is 195 cm³/mol. The molecule has 0 aliphatic rings. The molecule has 4 heteroatoms. The lowest BCUT2D eigenvalue weighted by atomic mass is 9.86. The molecular weight excluding hydrogens is 594 g/mol. The van der Waals surface area contributed by atoms with Crippen molar-refractivity contribution in [3.05, 3.63) is 168 Å². The molecule has 0 N–H and O–H groups in total. The normalized spacial score (nSPS) is 11.8. The average molecular weight is 625 g/mol. The zero-order valence-electron chi connectivity index (χ0n) is 26.5. The van der Waals surface area contributed by atoms with Crippen molar-refractivity contribution in [3.8, 4) is 33.6 Å². The molecule has 0 aliphatic carbocycles. The summed E-state index contributed by atoms with van der Waals surface area (Å²) in [7, 11) is 0. The van der Waals surface area contributed by atoms with Gasteiger partial charge < -0.3 is 9.13 Å². The van der Waals surface area contributed by atoms with Gasteiger partial charge in [-0.15, -0.1) is 0 Å². The highest BCUT2D eigenvalue weighted by molar-refractivity contribution is 6.12. The predicted octanol–water partition coefficient (Wildman–Crippen LogP) is 12.1. The van der Waals surface area contributed by atoms with Gasteiger partial charge in [0.1, 0.15) is 11.6 Å². The Morgan fingerprint density at radius 1 is 0.375 bits per heavy atom. The van der Waals surface area contributed by atoms with E-state index < -0.39 is 0 Å². The minimum Gasteiger partial charge on any atom is -0.309 e. The third-order valence-corrected chi connectivity index (χ3v) is 9.77. The lowest BCUT2D eigenvalue weighted by molar-refractivity contribution is 0.628. The number of halogens is 2. The monoisotopic (exact) mass is 624 g/mol. The van der Waals surface area contributed by atoms with Gasteiger partial charge in [0.05, 0.1) is 33.4 Å². The molecule has 0 spiro atoms. The molecule has 48 heavy (non-hydrogen) atoms. The van der Waals surface area contributed by atoms with E-state index in [1.807, 2.05) is 24.3 Å². The van der Waals surface area contributed by atoms with Crippen LogP contribution in [0, 0.1) is 25.5 Å². The van der Waals surface area contributed by atoms with E-state index in [9.17, 15) is 0 Å². The molecule has 0 unspecified atom stereocenters. The van der Waals surface area contributed by atoms with Gasteiger partial charge in [-0.2, -0.15) is 0 Å². The van der Waals surface area contributed by atoms with Crippen molar-refractivity contribution in [2.45, 2.75) is 13.8 Å². The minimum absolute atomic E-state index is 0.314. The second kappa shape index (κ2) is 10.8. The molecule has 0 atom stereocenters. The van der Waals surface area contributed by atoms with Crippen LogP contribution in [0.15, 0.2) is 146 Å². The fraction of sp³-hybridized carbons (Fsp3) is 0.0455. The quantitative estimate of drug-likeness (QED) is 0.184. The van der Waals surface area contributed by atoms with Crippen LogP contribution < -0.4 is 0 Å². The molecule has 0 amide bonds. The Kier molecular flexibility index (Phi) is 6.34. The molecule has 0 aliphatic heterocycles. The number of hydrogen-bond donors (Lipinski definition) is 0. The van der Waals surface area contributed by atoms with Gasteiger partial charge in [-0.25, -0.2) is 8.78 Å². The zero-order valence-corrected chi connectivity index (χ0v) is 26.5. The molecule has 2 heterocycles. The molecule has 0 fully saturated rings. The van der Waals surface area contributed by atoms with Gasteiger partial charge in [0.25, 0.3) is 0 Å². The molecule has 9 rings (SSSR count). The van der Waals surface area contributed by atoms with Gasteiger partial charge in [-0.3, -0.25) is 0 Å². The molecule has 2 nitrogen and oxygen atoms in total. The topological polar surface area (TPSA) is 9.86 Å². The smallest absolute Gasteiger partial charge is 0.123 e. The summed E-state index contributed by atoms with van der Waals surface area (Å²) < 4.78 is 35.1. The van der Waals surface area contributed by atoms with Crippen molar-refractivity contribution in [1.29, 1.82) is 0 Å². The van der Waals surface area contributed by atoms with Gasteiger partial charge in [0.15, 0.2) is 0 Å². The second-order valence-corrected chi connectivity index (χ2v) is 12.5. The van der Waals surface area contributed by atoms with E-state index >= 15 is 8.78 Å². The lowest BCUT2D eigenvalue weighted by Crippen LogP contribution is -2.10. The first-order valence-corrected chi connectivity index (χ1v) is 16.2. The van der Waals surface area contributed by atoms with E-state index in [-0.39, 0.29) is 11.6 Å². The summed E-state index contributed by atoms with van der Waals surface area (Å²) in [4.78, 5) is 0. The van der Waals surface area contributed by atoms with Crippen LogP contribution in [-0.4, -0.2) is 9.13 Å². The zero-order chi connectivity index (χ0) is 32.5. The van der Waals surface area contributed by atoms with Gasteiger partial charge in [-0.05, 0) is 84.6 Å². The molecule has 0 saturated carbocycles. The maximum atomic E-state index is 15.2. The van der Waals surface area contributed by atoms with Crippen LogP contribution in [0.3, 0.4) is 0 Å². The van der Waals surface area contributed by atoms with Gasteiger partial charge >= 0.3 is 0 Å². The lowest BCUT2D eigenvalue weighted by Gasteiger charge is -2.27. The summed E-state index contributed by atoms with van der Waals surface area (Å²) in [6.07, 6.45) is 0. The van der Waals surface area contributed by atoms with Crippen LogP contribution in [0.5, 0.6) is 0 Å². The Morgan fingerprint density at radius 3 is 1.06 bits per heavy atom. The van der Waals surface area contributed by atoms with Crippen molar-refractivity contribution in [2.75, 3.05) is 0 Å². The first-order chi connectivity index (χ1) is 23.5. The van der Waals surface area contributed by atoms with Gasteiger partial charge in [0, 0.05) is 32.7 Å². The van der Waals surface area contributed by atoms with Crippen molar-refractivity contribution >= 4 is 43.6 Å². The maximum absolute atomic E-state index is 15.2. The molecule has 0 bridgehead atoms. The van der Waals surface area contributed by atoms with E-state index in [0.717, 1.165) is 88.4 Å². The third kappa shape index (κ3) is 4.09. The van der Waals surface area contributed by atoms with E-state index in [1.54, 1.807) is 24.3 Å². The number of fused-ring (bicyclic) bond motifs is 6. The molecule has 7 aromatic carbocycles. The van der Waals surface area contributed by atoms with E-state index in [1.165, 1.54) is 12.1 Å². The van der Waals surface area contributed by atoms with Crippen LogP contribution in [0.1, 0.15) is 11.1 Å². The fourth-order valence-electron chi connectivity index (χ4n) is 7.88.